The Labute approximate surface area is 196 Å². The Morgan fingerprint density at radius 2 is 1.18 bits per heavy atom. The molecule has 1 aromatic heterocycles. The molecule has 3 aromatic carbocycles. The van der Waals surface area contributed by atoms with Gasteiger partial charge in [-0.1, -0.05) is 84.9 Å². The lowest BCUT2D eigenvalue weighted by atomic mass is 9.84. The lowest BCUT2D eigenvalue weighted by Crippen LogP contribution is -2.49. The van der Waals surface area contributed by atoms with Crippen LogP contribution in [0.1, 0.15) is 27.7 Å². The highest BCUT2D eigenvalue weighted by Crippen LogP contribution is 2.26. The van der Waals surface area contributed by atoms with Gasteiger partial charge in [0, 0.05) is 16.7 Å². The first-order chi connectivity index (χ1) is 15.7. The van der Waals surface area contributed by atoms with Crippen LogP contribution in [0, 0.1) is 0 Å². The van der Waals surface area contributed by atoms with E-state index in [-0.39, 0.29) is 0 Å². The fourth-order valence-electron chi connectivity index (χ4n) is 3.21. The van der Waals surface area contributed by atoms with Crippen molar-refractivity contribution in [3.05, 3.63) is 91.0 Å². The number of hydrogen-bond acceptors (Lipinski definition) is 4. The number of benzene rings is 3. The minimum atomic E-state index is -1.02. The van der Waals surface area contributed by atoms with Gasteiger partial charge in [0.1, 0.15) is 0 Å². The Bertz CT molecular complexity index is 1200. The van der Waals surface area contributed by atoms with Crippen molar-refractivity contribution in [3.63, 3.8) is 0 Å². The summed E-state index contributed by atoms with van der Waals surface area (Å²) in [5.74, 6) is 0.621. The van der Waals surface area contributed by atoms with Gasteiger partial charge in [0.15, 0.2) is 5.82 Å². The Kier molecular flexibility index (Phi) is 6.45. The van der Waals surface area contributed by atoms with E-state index in [1.807, 2.05) is 68.4 Å². The third-order valence-electron chi connectivity index (χ3n) is 6.01. The molecule has 33 heavy (non-hydrogen) atoms. The Morgan fingerprint density at radius 1 is 0.667 bits per heavy atom. The zero-order chi connectivity index (χ0) is 23.5. The van der Waals surface area contributed by atoms with E-state index in [0.29, 0.717) is 11.4 Å². The first kappa shape index (κ1) is 22.9. The molecule has 1 radical (unpaired) electrons. The van der Waals surface area contributed by atoms with Gasteiger partial charge in [-0.2, -0.15) is 0 Å². The SMILES string of the molecule is CC(C)(O)C(C)(C)O[B]c1cc(-c2ccc(-c3ccccc3)cc2)nc(-c2ccccc2)n1. The molecule has 0 aliphatic carbocycles. The fourth-order valence-corrected chi connectivity index (χ4v) is 3.21. The minimum absolute atomic E-state index is 0.621. The maximum absolute atomic E-state index is 10.4. The van der Waals surface area contributed by atoms with Crippen LogP contribution in [0.2, 0.25) is 0 Å². The van der Waals surface area contributed by atoms with Gasteiger partial charge in [-0.05, 0) is 44.9 Å². The molecule has 4 aromatic rings. The zero-order valence-electron chi connectivity index (χ0n) is 19.5. The molecule has 165 valence electrons. The molecular weight excluding hydrogens is 407 g/mol. The minimum Gasteiger partial charge on any atom is -0.425 e. The first-order valence-electron chi connectivity index (χ1n) is 11.1. The summed E-state index contributed by atoms with van der Waals surface area (Å²) >= 11 is 0. The summed E-state index contributed by atoms with van der Waals surface area (Å²) in [6, 6.07) is 30.4. The van der Waals surface area contributed by atoms with E-state index >= 15 is 0 Å². The van der Waals surface area contributed by atoms with E-state index in [2.05, 4.69) is 36.4 Å². The highest BCUT2D eigenvalue weighted by Gasteiger charge is 2.36. The van der Waals surface area contributed by atoms with Crippen molar-refractivity contribution < 1.29 is 9.76 Å². The number of aromatic nitrogens is 2. The van der Waals surface area contributed by atoms with Crippen LogP contribution in [-0.2, 0) is 4.65 Å². The highest BCUT2D eigenvalue weighted by atomic mass is 16.5. The molecule has 0 unspecified atom stereocenters. The fraction of sp³-hybridized carbons (Fsp3) is 0.214. The quantitative estimate of drug-likeness (QED) is 0.401. The molecule has 1 heterocycles. The molecule has 4 nitrogen and oxygen atoms in total. The predicted molar refractivity (Wildman–Crippen MR) is 135 cm³/mol. The van der Waals surface area contributed by atoms with E-state index in [0.717, 1.165) is 22.4 Å². The second-order valence-electron chi connectivity index (χ2n) is 9.12. The van der Waals surface area contributed by atoms with Crippen LogP contribution in [0.5, 0.6) is 0 Å². The summed E-state index contributed by atoms with van der Waals surface area (Å²) in [4.78, 5) is 9.54. The number of hydrogen-bond donors (Lipinski definition) is 1. The van der Waals surface area contributed by atoms with Crippen LogP contribution in [0.3, 0.4) is 0 Å². The van der Waals surface area contributed by atoms with Crippen molar-refractivity contribution in [2.45, 2.75) is 38.9 Å². The molecule has 0 spiro atoms. The van der Waals surface area contributed by atoms with Gasteiger partial charge in [-0.3, -0.25) is 0 Å². The summed E-state index contributed by atoms with van der Waals surface area (Å²) < 4.78 is 5.97. The van der Waals surface area contributed by atoms with Crippen LogP contribution in [0.25, 0.3) is 33.8 Å². The van der Waals surface area contributed by atoms with Gasteiger partial charge in [-0.15, -0.1) is 0 Å². The molecular formula is C28H28BN2O2. The number of aliphatic hydroxyl groups is 1. The molecule has 0 fully saturated rings. The predicted octanol–water partition coefficient (Wildman–Crippen LogP) is 5.29. The van der Waals surface area contributed by atoms with Gasteiger partial charge in [-0.25, -0.2) is 9.97 Å². The number of nitrogens with zero attached hydrogens (tertiary/aromatic N) is 2. The van der Waals surface area contributed by atoms with E-state index in [1.165, 1.54) is 5.56 Å². The normalized spacial score (nSPS) is 11.9. The van der Waals surface area contributed by atoms with E-state index in [1.54, 1.807) is 21.3 Å². The summed E-state index contributed by atoms with van der Waals surface area (Å²) in [5.41, 5.74) is 3.88. The van der Waals surface area contributed by atoms with Gasteiger partial charge in [0.2, 0.25) is 0 Å². The van der Waals surface area contributed by atoms with Crippen LogP contribution < -0.4 is 5.59 Å². The highest BCUT2D eigenvalue weighted by molar-refractivity contribution is 6.46. The average Bonchev–Trinajstić information content (AvgIpc) is 2.83. The summed E-state index contributed by atoms with van der Waals surface area (Å²) in [6.07, 6.45) is 0. The average molecular weight is 435 g/mol. The Balaban J connectivity index is 1.69. The Morgan fingerprint density at radius 3 is 1.76 bits per heavy atom. The maximum Gasteiger partial charge on any atom is 0.351 e. The monoisotopic (exact) mass is 435 g/mol. The van der Waals surface area contributed by atoms with E-state index in [4.69, 9.17) is 14.6 Å². The standard InChI is InChI=1S/C28H28BN2O2/c1-27(2,32)28(3,4)33-29-25-19-24(30-26(31-25)23-13-9-6-10-14-23)22-17-15-21(16-18-22)20-11-7-5-8-12-20/h5-19,32H,1-4H3. The molecule has 0 saturated heterocycles. The van der Waals surface area contributed by atoms with Crippen LogP contribution in [0.4, 0.5) is 0 Å². The summed E-state index contributed by atoms with van der Waals surface area (Å²) in [6.45, 7) is 7.17. The maximum atomic E-state index is 10.4. The van der Waals surface area contributed by atoms with Crippen molar-refractivity contribution in [1.29, 1.82) is 0 Å². The van der Waals surface area contributed by atoms with Gasteiger partial charge in [0.25, 0.3) is 0 Å². The molecule has 0 aliphatic rings. The summed E-state index contributed by atoms with van der Waals surface area (Å²) in [5, 5.41) is 10.4. The first-order valence-corrected chi connectivity index (χ1v) is 11.1. The van der Waals surface area contributed by atoms with Crippen LogP contribution in [-0.4, -0.2) is 33.8 Å². The third-order valence-corrected chi connectivity index (χ3v) is 6.01. The topological polar surface area (TPSA) is 55.2 Å². The number of rotatable bonds is 7. The third kappa shape index (κ3) is 5.38. The van der Waals surface area contributed by atoms with Gasteiger partial charge < -0.3 is 9.76 Å². The van der Waals surface area contributed by atoms with Gasteiger partial charge >= 0.3 is 7.48 Å². The summed E-state index contributed by atoms with van der Waals surface area (Å²) in [7, 11) is 1.61. The molecule has 5 heteroatoms. The van der Waals surface area contributed by atoms with Crippen LogP contribution in [0.15, 0.2) is 91.0 Å². The Hall–Kier alpha value is -3.28. The van der Waals surface area contributed by atoms with E-state index in [9.17, 15) is 5.11 Å². The lowest BCUT2D eigenvalue weighted by Gasteiger charge is -2.37. The van der Waals surface area contributed by atoms with Crippen molar-refractivity contribution in [1.82, 2.24) is 9.97 Å². The molecule has 0 amide bonds. The molecule has 4 rings (SSSR count). The largest absolute Gasteiger partial charge is 0.425 e. The van der Waals surface area contributed by atoms with Crippen LogP contribution >= 0.6 is 0 Å². The van der Waals surface area contributed by atoms with E-state index < -0.39 is 11.2 Å². The zero-order valence-corrected chi connectivity index (χ0v) is 19.5. The second-order valence-corrected chi connectivity index (χ2v) is 9.12. The van der Waals surface area contributed by atoms with Gasteiger partial charge in [0.05, 0.1) is 16.9 Å². The second kappa shape index (κ2) is 9.30. The van der Waals surface area contributed by atoms with Crippen molar-refractivity contribution in [2.24, 2.45) is 0 Å². The molecule has 1 N–H and O–H groups in total. The lowest BCUT2D eigenvalue weighted by molar-refractivity contribution is -0.0893. The van der Waals surface area contributed by atoms with Crippen molar-refractivity contribution in [2.75, 3.05) is 0 Å². The van der Waals surface area contributed by atoms with Crippen molar-refractivity contribution >= 4 is 13.1 Å². The van der Waals surface area contributed by atoms with Crippen molar-refractivity contribution in [3.8, 4) is 33.8 Å². The molecule has 0 saturated carbocycles. The smallest absolute Gasteiger partial charge is 0.351 e. The molecule has 0 bridgehead atoms. The molecule has 0 atom stereocenters. The molecule has 0 aliphatic heterocycles.